The quantitative estimate of drug-likeness (QED) is 0.287. The Hall–Kier alpha value is -1.75. The van der Waals surface area contributed by atoms with Crippen molar-refractivity contribution in [3.8, 4) is 0 Å². The van der Waals surface area contributed by atoms with E-state index in [2.05, 4.69) is 0 Å². The van der Waals surface area contributed by atoms with Crippen LogP contribution in [0.4, 0.5) is 0 Å². The maximum absolute atomic E-state index is 11.8. The standard InChI is InChI=1S/C11H21N3O7/c1-5(2)3-6(12)10(17)13-9(11(18)19)7(14(20)21)4-8(15)16/h5-7,9,20-21H,3-4,12H2,1-2H3,(H,13,17)(H,15,16)(H,18,19)/t6-,7?,9-/m0/s1. The van der Waals surface area contributed by atoms with E-state index in [0.717, 1.165) is 0 Å². The van der Waals surface area contributed by atoms with Gasteiger partial charge < -0.3 is 21.3 Å². The fourth-order valence-corrected chi connectivity index (χ4v) is 1.71. The number of carboxylic acid groups (broad SMARTS) is 2. The van der Waals surface area contributed by atoms with E-state index in [1.54, 1.807) is 0 Å². The van der Waals surface area contributed by atoms with Crippen molar-refractivity contribution in [2.75, 3.05) is 0 Å². The lowest BCUT2D eigenvalue weighted by Crippen LogP contribution is -2.57. The van der Waals surface area contributed by atoms with Crippen LogP contribution in [0.2, 0.25) is 0 Å². The molecule has 0 spiro atoms. The van der Waals surface area contributed by atoms with E-state index in [0.29, 0.717) is 6.42 Å². The molecule has 1 amide bonds. The molecule has 0 rings (SSSR count). The highest BCUT2D eigenvalue weighted by molar-refractivity contribution is 5.87. The Labute approximate surface area is 121 Å². The van der Waals surface area contributed by atoms with Gasteiger partial charge in [0.2, 0.25) is 5.91 Å². The van der Waals surface area contributed by atoms with Crippen LogP contribution in [0.1, 0.15) is 26.7 Å². The van der Waals surface area contributed by atoms with Gasteiger partial charge in [-0.2, -0.15) is 0 Å². The first-order valence-corrected chi connectivity index (χ1v) is 6.23. The topological polar surface area (TPSA) is 173 Å². The molecule has 0 aliphatic rings. The van der Waals surface area contributed by atoms with Crippen LogP contribution >= 0.6 is 0 Å². The molecule has 0 aromatic rings. The molecule has 0 aliphatic carbocycles. The van der Waals surface area contributed by atoms with Crippen LogP contribution in [-0.2, 0) is 14.4 Å². The number of nitrogens with one attached hydrogen (secondary N) is 1. The minimum absolute atomic E-state index is 0.0935. The zero-order chi connectivity index (χ0) is 16.7. The maximum atomic E-state index is 11.8. The van der Waals surface area contributed by atoms with Crippen molar-refractivity contribution in [1.29, 1.82) is 0 Å². The normalized spacial score (nSPS) is 15.6. The predicted octanol–water partition coefficient (Wildman–Crippen LogP) is -1.15. The number of nitrogens with zero attached hydrogens (tertiary/aromatic N) is 1. The molecule has 0 heterocycles. The second-order valence-electron chi connectivity index (χ2n) is 5.05. The van der Waals surface area contributed by atoms with Gasteiger partial charge in [0.15, 0.2) is 0 Å². The van der Waals surface area contributed by atoms with E-state index in [1.807, 2.05) is 19.2 Å². The summed E-state index contributed by atoms with van der Waals surface area (Å²) in [6.45, 7) is 3.64. The molecule has 21 heavy (non-hydrogen) atoms. The Kier molecular flexibility index (Phi) is 7.81. The van der Waals surface area contributed by atoms with Gasteiger partial charge in [0.25, 0.3) is 0 Å². The minimum atomic E-state index is -1.83. The molecule has 0 aromatic heterocycles. The molecule has 0 saturated heterocycles. The summed E-state index contributed by atoms with van der Waals surface area (Å²) < 4.78 is 0. The Morgan fingerprint density at radius 3 is 2.05 bits per heavy atom. The number of hydrogen-bond acceptors (Lipinski definition) is 7. The lowest BCUT2D eigenvalue weighted by Gasteiger charge is -2.27. The van der Waals surface area contributed by atoms with Gasteiger partial charge in [-0.3, -0.25) is 20.0 Å². The third-order valence-electron chi connectivity index (χ3n) is 2.69. The van der Waals surface area contributed by atoms with Gasteiger partial charge in [-0.15, -0.1) is 0 Å². The average Bonchev–Trinajstić information content (AvgIpc) is 2.31. The van der Waals surface area contributed by atoms with Crippen LogP contribution in [0.25, 0.3) is 0 Å². The second-order valence-corrected chi connectivity index (χ2v) is 5.05. The number of hydrogen-bond donors (Lipinski definition) is 6. The summed E-state index contributed by atoms with van der Waals surface area (Å²) in [5.41, 5.74) is 5.58. The molecule has 3 atom stereocenters. The Bertz CT molecular complexity index is 386. The largest absolute Gasteiger partial charge is 0.481 e. The van der Waals surface area contributed by atoms with Crippen LogP contribution in [0.5, 0.6) is 0 Å². The summed E-state index contributed by atoms with van der Waals surface area (Å²) in [7, 11) is 0. The Morgan fingerprint density at radius 2 is 1.71 bits per heavy atom. The third-order valence-corrected chi connectivity index (χ3v) is 2.69. The summed E-state index contributed by atoms with van der Waals surface area (Å²) in [5.74, 6) is -3.79. The zero-order valence-electron chi connectivity index (χ0n) is 11.8. The van der Waals surface area contributed by atoms with E-state index >= 15 is 0 Å². The molecular formula is C11H21N3O7. The lowest BCUT2D eigenvalue weighted by molar-refractivity contribution is -0.334. The van der Waals surface area contributed by atoms with E-state index in [4.69, 9.17) is 26.4 Å². The third kappa shape index (κ3) is 6.99. The number of carbonyl (C=O) groups is 3. The van der Waals surface area contributed by atoms with Crippen molar-refractivity contribution < 1.29 is 35.0 Å². The van der Waals surface area contributed by atoms with Gasteiger partial charge >= 0.3 is 11.9 Å². The van der Waals surface area contributed by atoms with Crippen molar-refractivity contribution >= 4 is 17.8 Å². The van der Waals surface area contributed by atoms with E-state index in [9.17, 15) is 14.4 Å². The molecule has 0 aromatic carbocycles. The summed E-state index contributed by atoms with van der Waals surface area (Å²) in [5, 5.41) is 37.1. The highest BCUT2D eigenvalue weighted by atomic mass is 16.8. The number of nitrogens with two attached hydrogens (primary N) is 1. The van der Waals surface area contributed by atoms with Gasteiger partial charge in [-0.1, -0.05) is 19.1 Å². The maximum Gasteiger partial charge on any atom is 0.328 e. The molecule has 7 N–H and O–H groups in total. The van der Waals surface area contributed by atoms with Gasteiger partial charge in [0.1, 0.15) is 12.1 Å². The molecule has 0 aliphatic heterocycles. The van der Waals surface area contributed by atoms with Gasteiger partial charge in [-0.05, 0) is 12.3 Å². The Morgan fingerprint density at radius 1 is 1.19 bits per heavy atom. The predicted molar refractivity (Wildman–Crippen MR) is 68.4 cm³/mol. The molecule has 0 saturated carbocycles. The lowest BCUT2D eigenvalue weighted by atomic mass is 10.0. The van der Waals surface area contributed by atoms with Crippen molar-refractivity contribution in [3.05, 3.63) is 0 Å². The SMILES string of the molecule is CC(C)C[C@H](N)C(=O)N[C@H](C(=O)O)C(CC(=O)O)N(O)O. The number of carbonyl (C=O) groups excluding carboxylic acids is 1. The number of amides is 1. The number of carboxylic acids is 2. The van der Waals surface area contributed by atoms with Crippen LogP contribution in [0.15, 0.2) is 0 Å². The molecule has 0 radical (unpaired) electrons. The van der Waals surface area contributed by atoms with Gasteiger partial charge in [-0.25, -0.2) is 4.79 Å². The van der Waals surface area contributed by atoms with Crippen molar-refractivity contribution in [2.24, 2.45) is 11.7 Å². The molecule has 122 valence electrons. The summed E-state index contributed by atoms with van der Waals surface area (Å²) in [6, 6.07) is -4.57. The molecule has 0 fully saturated rings. The summed E-state index contributed by atoms with van der Waals surface area (Å²) in [6.07, 6.45) is -0.604. The summed E-state index contributed by atoms with van der Waals surface area (Å²) in [4.78, 5) is 33.5. The fourth-order valence-electron chi connectivity index (χ4n) is 1.71. The molecule has 1 unspecified atom stereocenters. The van der Waals surface area contributed by atoms with Crippen molar-refractivity contribution in [1.82, 2.24) is 10.5 Å². The first kappa shape index (κ1) is 19.2. The van der Waals surface area contributed by atoms with E-state index in [-0.39, 0.29) is 5.92 Å². The van der Waals surface area contributed by atoms with E-state index < -0.39 is 47.6 Å². The summed E-state index contributed by atoms with van der Waals surface area (Å²) >= 11 is 0. The van der Waals surface area contributed by atoms with Crippen LogP contribution < -0.4 is 11.1 Å². The fraction of sp³-hybridized carbons (Fsp3) is 0.727. The van der Waals surface area contributed by atoms with Crippen LogP contribution in [0.3, 0.4) is 0 Å². The molecular weight excluding hydrogens is 286 g/mol. The van der Waals surface area contributed by atoms with E-state index in [1.165, 1.54) is 0 Å². The smallest absolute Gasteiger partial charge is 0.328 e. The zero-order valence-corrected chi connectivity index (χ0v) is 11.8. The Balaban J connectivity index is 5.00. The number of hydroxylamine groups is 2. The van der Waals surface area contributed by atoms with Crippen LogP contribution in [0, 0.1) is 5.92 Å². The van der Waals surface area contributed by atoms with Crippen molar-refractivity contribution in [2.45, 2.75) is 44.8 Å². The molecule has 10 heteroatoms. The van der Waals surface area contributed by atoms with Crippen LogP contribution in [-0.4, -0.2) is 61.8 Å². The molecule has 0 bridgehead atoms. The minimum Gasteiger partial charge on any atom is -0.481 e. The number of aliphatic carboxylic acids is 2. The van der Waals surface area contributed by atoms with Gasteiger partial charge in [0.05, 0.1) is 12.5 Å². The monoisotopic (exact) mass is 307 g/mol. The average molecular weight is 307 g/mol. The highest BCUT2D eigenvalue weighted by Crippen LogP contribution is 2.08. The molecule has 10 nitrogen and oxygen atoms in total. The first-order chi connectivity index (χ1) is 9.56. The first-order valence-electron chi connectivity index (χ1n) is 6.23. The van der Waals surface area contributed by atoms with Crippen molar-refractivity contribution in [3.63, 3.8) is 0 Å². The highest BCUT2D eigenvalue weighted by Gasteiger charge is 2.36. The number of rotatable bonds is 9. The van der Waals surface area contributed by atoms with Gasteiger partial charge in [0, 0.05) is 0 Å². The second kappa shape index (κ2) is 8.52.